The molecule has 0 saturated heterocycles. The number of hydrogen-bond donors (Lipinski definition) is 2. The fourth-order valence-electron chi connectivity index (χ4n) is 2.64. The quantitative estimate of drug-likeness (QED) is 0.702. The first-order chi connectivity index (χ1) is 11.7. The minimum Gasteiger partial charge on any atom is -0.468 e. The first kappa shape index (κ1) is 16.1. The van der Waals surface area contributed by atoms with Crippen LogP contribution in [0, 0.1) is 0 Å². The zero-order chi connectivity index (χ0) is 16.8. The van der Waals surface area contributed by atoms with E-state index >= 15 is 0 Å². The predicted octanol–water partition coefficient (Wildman–Crippen LogP) is 3.17. The summed E-state index contributed by atoms with van der Waals surface area (Å²) in [4.78, 5) is 17.2. The minimum absolute atomic E-state index is 0.0984. The first-order valence-electron chi connectivity index (χ1n) is 7.91. The Morgan fingerprint density at radius 1 is 1.08 bits per heavy atom. The van der Waals surface area contributed by atoms with Crippen molar-refractivity contribution in [3.05, 3.63) is 83.6 Å². The van der Waals surface area contributed by atoms with Crippen molar-refractivity contribution in [2.24, 2.45) is 0 Å². The Morgan fingerprint density at radius 3 is 2.62 bits per heavy atom. The van der Waals surface area contributed by atoms with Crippen LogP contribution in [0.2, 0.25) is 0 Å². The lowest BCUT2D eigenvalue weighted by Crippen LogP contribution is -2.24. The highest BCUT2D eigenvalue weighted by molar-refractivity contribution is 5.92. The van der Waals surface area contributed by atoms with E-state index in [9.17, 15) is 4.79 Å². The number of carbonyl (C=O) groups is 1. The molecule has 0 aliphatic rings. The van der Waals surface area contributed by atoms with E-state index in [0.29, 0.717) is 12.2 Å². The van der Waals surface area contributed by atoms with Crippen LogP contribution in [0.25, 0.3) is 0 Å². The van der Waals surface area contributed by atoms with Crippen LogP contribution in [0.15, 0.2) is 65.4 Å². The molecule has 2 aromatic heterocycles. The number of rotatable bonds is 7. The Hall–Kier alpha value is -2.79. The van der Waals surface area contributed by atoms with E-state index < -0.39 is 0 Å². The summed E-state index contributed by atoms with van der Waals surface area (Å²) in [5.41, 5.74) is 2.88. The summed E-state index contributed by atoms with van der Waals surface area (Å²) in [6.07, 6.45) is 3.43. The molecule has 0 atom stereocenters. The van der Waals surface area contributed by atoms with Crippen molar-refractivity contribution in [2.45, 2.75) is 19.6 Å². The molecular weight excluding hydrogens is 302 g/mol. The lowest BCUT2D eigenvalue weighted by atomic mass is 10.1. The maximum atomic E-state index is 12.1. The molecule has 0 saturated carbocycles. The van der Waals surface area contributed by atoms with E-state index in [0.717, 1.165) is 24.4 Å². The number of carbonyl (C=O) groups excluding carboxylic acids is 1. The lowest BCUT2D eigenvalue weighted by molar-refractivity contribution is 0.0946. The van der Waals surface area contributed by atoms with E-state index in [2.05, 4.69) is 28.3 Å². The second-order valence-electron chi connectivity index (χ2n) is 5.79. The number of H-pyrrole nitrogens is 1. The second kappa shape index (κ2) is 7.66. The van der Waals surface area contributed by atoms with Gasteiger partial charge in [-0.3, -0.25) is 9.69 Å². The molecule has 0 aliphatic heterocycles. The van der Waals surface area contributed by atoms with Gasteiger partial charge in [0.05, 0.1) is 12.8 Å². The Kier molecular flexibility index (Phi) is 5.13. The van der Waals surface area contributed by atoms with Gasteiger partial charge < -0.3 is 14.7 Å². The van der Waals surface area contributed by atoms with E-state index in [-0.39, 0.29) is 5.91 Å². The summed E-state index contributed by atoms with van der Waals surface area (Å²) < 4.78 is 5.39. The summed E-state index contributed by atoms with van der Waals surface area (Å²) in [5, 5.41) is 2.95. The zero-order valence-corrected chi connectivity index (χ0v) is 13.7. The average molecular weight is 323 g/mol. The van der Waals surface area contributed by atoms with Crippen LogP contribution in [-0.2, 0) is 19.6 Å². The number of aromatic nitrogens is 1. The van der Waals surface area contributed by atoms with Gasteiger partial charge in [-0.2, -0.15) is 0 Å². The molecular formula is C19H21N3O2. The number of amides is 1. The third-order valence-electron chi connectivity index (χ3n) is 3.85. The maximum absolute atomic E-state index is 12.1. The van der Waals surface area contributed by atoms with Gasteiger partial charge in [0.2, 0.25) is 0 Å². The van der Waals surface area contributed by atoms with Crippen LogP contribution in [-0.4, -0.2) is 22.8 Å². The Bertz CT molecular complexity index is 764. The van der Waals surface area contributed by atoms with Crippen LogP contribution in [0.5, 0.6) is 0 Å². The van der Waals surface area contributed by atoms with Crippen LogP contribution in [0.3, 0.4) is 0 Å². The molecule has 0 fully saturated rings. The second-order valence-corrected chi connectivity index (χ2v) is 5.79. The lowest BCUT2D eigenvalue weighted by Gasteiger charge is -2.18. The molecule has 1 aromatic carbocycles. The Labute approximate surface area is 141 Å². The van der Waals surface area contributed by atoms with Gasteiger partial charge in [-0.15, -0.1) is 0 Å². The van der Waals surface area contributed by atoms with E-state index in [1.165, 1.54) is 5.56 Å². The molecule has 3 aromatic rings. The van der Waals surface area contributed by atoms with Gasteiger partial charge in [0, 0.05) is 19.3 Å². The predicted molar refractivity (Wildman–Crippen MR) is 92.3 cm³/mol. The third kappa shape index (κ3) is 4.14. The summed E-state index contributed by atoms with van der Waals surface area (Å²) in [7, 11) is 2.05. The molecule has 3 rings (SSSR count). The summed E-state index contributed by atoms with van der Waals surface area (Å²) in [6, 6.07) is 15.6. The normalized spacial score (nSPS) is 10.9. The number of benzene rings is 1. The number of nitrogens with one attached hydrogen (secondary N) is 2. The van der Waals surface area contributed by atoms with Crippen molar-refractivity contribution in [1.29, 1.82) is 0 Å². The monoisotopic (exact) mass is 323 g/mol. The van der Waals surface area contributed by atoms with E-state index in [4.69, 9.17) is 4.42 Å². The molecule has 0 radical (unpaired) electrons. The molecule has 1 amide bonds. The van der Waals surface area contributed by atoms with Gasteiger partial charge in [-0.05, 0) is 42.4 Å². The summed E-state index contributed by atoms with van der Waals surface area (Å²) in [5.74, 6) is 0.841. The van der Waals surface area contributed by atoms with Crippen molar-refractivity contribution in [2.75, 3.05) is 7.05 Å². The number of aromatic amines is 1. The molecule has 0 spiro atoms. The molecule has 5 heteroatoms. The zero-order valence-electron chi connectivity index (χ0n) is 13.7. The number of nitrogens with zero attached hydrogens (tertiary/aromatic N) is 1. The van der Waals surface area contributed by atoms with Crippen molar-refractivity contribution >= 4 is 5.91 Å². The van der Waals surface area contributed by atoms with Crippen molar-refractivity contribution in [1.82, 2.24) is 15.2 Å². The molecule has 2 N–H and O–H groups in total. The Balaban J connectivity index is 1.61. The molecule has 0 aliphatic carbocycles. The molecule has 5 nitrogen and oxygen atoms in total. The summed E-state index contributed by atoms with van der Waals surface area (Å²) in [6.45, 7) is 2.04. The van der Waals surface area contributed by atoms with Gasteiger partial charge in [-0.25, -0.2) is 0 Å². The maximum Gasteiger partial charge on any atom is 0.267 e. The highest BCUT2D eigenvalue weighted by atomic mass is 16.3. The highest BCUT2D eigenvalue weighted by Gasteiger charge is 2.10. The molecule has 2 heterocycles. The van der Waals surface area contributed by atoms with Gasteiger partial charge in [0.15, 0.2) is 0 Å². The molecule has 0 unspecified atom stereocenters. The first-order valence-corrected chi connectivity index (χ1v) is 7.91. The number of hydrogen-bond acceptors (Lipinski definition) is 3. The largest absolute Gasteiger partial charge is 0.468 e. The van der Waals surface area contributed by atoms with Crippen LogP contribution in [0.1, 0.15) is 27.4 Å². The fourth-order valence-corrected chi connectivity index (χ4v) is 2.64. The van der Waals surface area contributed by atoms with Gasteiger partial charge in [0.25, 0.3) is 5.91 Å². The fraction of sp³-hybridized carbons (Fsp3) is 0.211. The van der Waals surface area contributed by atoms with Crippen molar-refractivity contribution in [3.63, 3.8) is 0 Å². The van der Waals surface area contributed by atoms with Crippen molar-refractivity contribution in [3.8, 4) is 0 Å². The van der Waals surface area contributed by atoms with Gasteiger partial charge in [0.1, 0.15) is 11.5 Å². The van der Waals surface area contributed by atoms with Crippen LogP contribution in [0.4, 0.5) is 0 Å². The summed E-state index contributed by atoms with van der Waals surface area (Å²) >= 11 is 0. The minimum atomic E-state index is -0.0984. The average Bonchev–Trinajstić information content (AvgIpc) is 3.27. The van der Waals surface area contributed by atoms with E-state index in [1.54, 1.807) is 18.5 Å². The highest BCUT2D eigenvalue weighted by Crippen LogP contribution is 2.13. The Morgan fingerprint density at radius 2 is 1.92 bits per heavy atom. The standard InChI is InChI=1S/C19H21N3O2/c1-22(14-17-8-5-11-24-17)13-16-7-3-2-6-15(16)12-21-19(23)18-9-4-10-20-18/h2-11,20H,12-14H2,1H3,(H,21,23). The van der Waals surface area contributed by atoms with Crippen LogP contribution < -0.4 is 5.32 Å². The van der Waals surface area contributed by atoms with Crippen molar-refractivity contribution < 1.29 is 9.21 Å². The molecule has 24 heavy (non-hydrogen) atoms. The number of furan rings is 1. The molecule has 124 valence electrons. The van der Waals surface area contributed by atoms with Crippen LogP contribution >= 0.6 is 0 Å². The third-order valence-corrected chi connectivity index (χ3v) is 3.85. The topological polar surface area (TPSA) is 61.3 Å². The van der Waals surface area contributed by atoms with Gasteiger partial charge >= 0.3 is 0 Å². The molecule has 0 bridgehead atoms. The van der Waals surface area contributed by atoms with Gasteiger partial charge in [-0.1, -0.05) is 24.3 Å². The smallest absolute Gasteiger partial charge is 0.267 e. The van der Waals surface area contributed by atoms with E-state index in [1.807, 2.05) is 36.4 Å². The SMILES string of the molecule is CN(Cc1ccco1)Cc1ccccc1CNC(=O)c1ccc[nH]1.